The summed E-state index contributed by atoms with van der Waals surface area (Å²) in [7, 11) is 0. The quantitative estimate of drug-likeness (QED) is 0.775. The summed E-state index contributed by atoms with van der Waals surface area (Å²) >= 11 is 5.20. The number of amides is 1. The molecule has 2 aromatic rings. The highest BCUT2D eigenvalue weighted by molar-refractivity contribution is 7.80. The maximum atomic E-state index is 11.8. The second-order valence-electron chi connectivity index (χ2n) is 5.87. The Kier molecular flexibility index (Phi) is 6.75. The number of carbonyl (C=O) groups excluding carboxylic acids is 1. The third-order valence-electron chi connectivity index (χ3n) is 3.22. The molecule has 0 spiro atoms. The first-order valence-electron chi connectivity index (χ1n) is 7.91. The van der Waals surface area contributed by atoms with Crippen molar-refractivity contribution < 1.29 is 9.53 Å². The minimum atomic E-state index is -0.0924. The lowest BCUT2D eigenvalue weighted by atomic mass is 10.1. The topological polar surface area (TPSA) is 50.4 Å². The molecule has 4 nitrogen and oxygen atoms in total. The van der Waals surface area contributed by atoms with Gasteiger partial charge in [0.15, 0.2) is 5.11 Å². The molecule has 0 saturated carbocycles. The summed E-state index contributed by atoms with van der Waals surface area (Å²) in [5.74, 6) is 0.876. The molecule has 0 aromatic heterocycles. The highest BCUT2D eigenvalue weighted by Crippen LogP contribution is 2.24. The predicted octanol–water partition coefficient (Wildman–Crippen LogP) is 4.12. The van der Waals surface area contributed by atoms with E-state index < -0.39 is 0 Å². The molecule has 0 fully saturated rings. The van der Waals surface area contributed by atoms with Crippen LogP contribution in [0.15, 0.2) is 54.6 Å². The van der Waals surface area contributed by atoms with E-state index in [-0.39, 0.29) is 16.9 Å². The number of benzene rings is 2. The maximum Gasteiger partial charge on any atom is 0.226 e. The molecule has 126 valence electrons. The summed E-state index contributed by atoms with van der Waals surface area (Å²) in [5, 5.41) is 5.99. The van der Waals surface area contributed by atoms with E-state index >= 15 is 0 Å². The summed E-state index contributed by atoms with van der Waals surface area (Å²) in [6.45, 7) is 4.44. The predicted molar refractivity (Wildman–Crippen MR) is 101 cm³/mol. The largest absolute Gasteiger partial charge is 0.487 e. The minimum Gasteiger partial charge on any atom is -0.487 e. The average molecular weight is 342 g/mol. The zero-order valence-electron chi connectivity index (χ0n) is 13.9. The standard InChI is InChI=1S/C19H22N2O2S/c1-14(2)12-18(22)21-19(24)20-16-10-6-7-11-17(16)23-13-15-8-4-3-5-9-15/h3-11,14H,12-13H2,1-2H3,(H2,20,21,22,24). The first-order valence-corrected chi connectivity index (χ1v) is 8.32. The Morgan fingerprint density at radius 1 is 1.08 bits per heavy atom. The molecule has 0 atom stereocenters. The average Bonchev–Trinajstić information content (AvgIpc) is 2.54. The Morgan fingerprint density at radius 3 is 2.46 bits per heavy atom. The van der Waals surface area contributed by atoms with Crippen LogP contribution in [0.4, 0.5) is 5.69 Å². The highest BCUT2D eigenvalue weighted by atomic mass is 32.1. The van der Waals surface area contributed by atoms with Crippen LogP contribution in [0.25, 0.3) is 0 Å². The molecule has 24 heavy (non-hydrogen) atoms. The summed E-state index contributed by atoms with van der Waals surface area (Å²) in [4.78, 5) is 11.8. The zero-order valence-corrected chi connectivity index (χ0v) is 14.7. The second-order valence-corrected chi connectivity index (χ2v) is 6.28. The van der Waals surface area contributed by atoms with Crippen LogP contribution in [0, 0.1) is 5.92 Å². The van der Waals surface area contributed by atoms with Crippen molar-refractivity contribution in [2.75, 3.05) is 5.32 Å². The van der Waals surface area contributed by atoms with Crippen LogP contribution in [-0.2, 0) is 11.4 Å². The van der Waals surface area contributed by atoms with Gasteiger partial charge in [-0.25, -0.2) is 0 Å². The molecule has 1 amide bonds. The number of carbonyl (C=O) groups is 1. The normalized spacial score (nSPS) is 10.3. The van der Waals surface area contributed by atoms with Gasteiger partial charge in [-0.3, -0.25) is 4.79 Å². The van der Waals surface area contributed by atoms with Crippen LogP contribution in [0.1, 0.15) is 25.8 Å². The smallest absolute Gasteiger partial charge is 0.226 e. The second kappa shape index (κ2) is 9.03. The van der Waals surface area contributed by atoms with Crippen molar-refractivity contribution in [3.63, 3.8) is 0 Å². The number of hydrogen-bond acceptors (Lipinski definition) is 3. The molecule has 0 saturated heterocycles. The molecule has 0 aliphatic carbocycles. The maximum absolute atomic E-state index is 11.8. The molecule has 0 bridgehead atoms. The molecular formula is C19H22N2O2S. The fourth-order valence-corrected chi connectivity index (χ4v) is 2.36. The van der Waals surface area contributed by atoms with Crippen LogP contribution in [0.2, 0.25) is 0 Å². The Bertz CT molecular complexity index is 687. The van der Waals surface area contributed by atoms with Crippen molar-refractivity contribution in [2.45, 2.75) is 26.9 Å². The van der Waals surface area contributed by atoms with Crippen molar-refractivity contribution in [1.29, 1.82) is 0 Å². The van der Waals surface area contributed by atoms with Gasteiger partial charge >= 0.3 is 0 Å². The Labute approximate surface area is 148 Å². The molecule has 2 rings (SSSR count). The number of nitrogens with one attached hydrogen (secondary N) is 2. The molecule has 0 aliphatic rings. The Balaban J connectivity index is 1.95. The van der Waals surface area contributed by atoms with Crippen molar-refractivity contribution in [3.05, 3.63) is 60.2 Å². The van der Waals surface area contributed by atoms with Crippen molar-refractivity contribution >= 4 is 28.9 Å². The van der Waals surface area contributed by atoms with E-state index in [2.05, 4.69) is 10.6 Å². The number of ether oxygens (including phenoxy) is 1. The number of thiocarbonyl (C=S) groups is 1. The van der Waals surface area contributed by atoms with Crippen LogP contribution in [0.3, 0.4) is 0 Å². The van der Waals surface area contributed by atoms with E-state index in [1.54, 1.807) is 0 Å². The molecule has 2 aromatic carbocycles. The summed E-state index contributed by atoms with van der Waals surface area (Å²) in [6, 6.07) is 17.4. The van der Waals surface area contributed by atoms with Crippen LogP contribution < -0.4 is 15.4 Å². The molecular weight excluding hydrogens is 320 g/mol. The SMILES string of the molecule is CC(C)CC(=O)NC(=S)Nc1ccccc1OCc1ccccc1. The van der Waals surface area contributed by atoms with Gasteiger partial charge < -0.3 is 15.4 Å². The van der Waals surface area contributed by atoms with Gasteiger partial charge in [0.1, 0.15) is 12.4 Å². The summed E-state index contributed by atoms with van der Waals surface area (Å²) < 4.78 is 5.86. The van der Waals surface area contributed by atoms with E-state index in [9.17, 15) is 4.79 Å². The zero-order chi connectivity index (χ0) is 17.4. The van der Waals surface area contributed by atoms with Gasteiger partial charge in [0.25, 0.3) is 0 Å². The van der Waals surface area contributed by atoms with Gasteiger partial charge in [0.05, 0.1) is 5.69 Å². The van der Waals surface area contributed by atoms with E-state index in [4.69, 9.17) is 17.0 Å². The first-order chi connectivity index (χ1) is 11.5. The lowest BCUT2D eigenvalue weighted by molar-refractivity contribution is -0.120. The van der Waals surface area contributed by atoms with Gasteiger partial charge in [-0.1, -0.05) is 56.3 Å². The highest BCUT2D eigenvalue weighted by Gasteiger charge is 2.09. The van der Waals surface area contributed by atoms with Crippen LogP contribution in [0.5, 0.6) is 5.75 Å². The molecule has 0 aliphatic heterocycles. The summed E-state index contributed by atoms with van der Waals surface area (Å²) in [6.07, 6.45) is 0.438. The Hall–Kier alpha value is -2.40. The van der Waals surface area contributed by atoms with Crippen molar-refractivity contribution in [2.24, 2.45) is 5.92 Å². The van der Waals surface area contributed by atoms with Gasteiger partial charge in [-0.15, -0.1) is 0 Å². The monoisotopic (exact) mass is 342 g/mol. The number of anilines is 1. The van der Waals surface area contributed by atoms with E-state index in [1.165, 1.54) is 0 Å². The number of hydrogen-bond donors (Lipinski definition) is 2. The number of para-hydroxylation sites is 2. The lowest BCUT2D eigenvalue weighted by Crippen LogP contribution is -2.34. The van der Waals surface area contributed by atoms with Gasteiger partial charge in [-0.2, -0.15) is 0 Å². The first kappa shape index (κ1) is 17.9. The van der Waals surface area contributed by atoms with E-state index in [0.717, 1.165) is 11.3 Å². The fourth-order valence-electron chi connectivity index (χ4n) is 2.13. The lowest BCUT2D eigenvalue weighted by Gasteiger charge is -2.14. The van der Waals surface area contributed by atoms with Crippen molar-refractivity contribution in [1.82, 2.24) is 5.32 Å². The van der Waals surface area contributed by atoms with Crippen molar-refractivity contribution in [3.8, 4) is 5.75 Å². The molecule has 0 radical (unpaired) electrons. The van der Waals surface area contributed by atoms with E-state index in [1.807, 2.05) is 68.4 Å². The Morgan fingerprint density at radius 2 is 1.75 bits per heavy atom. The fraction of sp³-hybridized carbons (Fsp3) is 0.263. The van der Waals surface area contributed by atoms with Crippen LogP contribution >= 0.6 is 12.2 Å². The van der Waals surface area contributed by atoms with Gasteiger partial charge in [0.2, 0.25) is 5.91 Å². The minimum absolute atomic E-state index is 0.0924. The molecule has 2 N–H and O–H groups in total. The molecule has 5 heteroatoms. The third-order valence-corrected chi connectivity index (χ3v) is 3.42. The van der Waals surface area contributed by atoms with Crippen LogP contribution in [-0.4, -0.2) is 11.0 Å². The molecule has 0 heterocycles. The third kappa shape index (κ3) is 6.01. The van der Waals surface area contributed by atoms with Gasteiger partial charge in [0, 0.05) is 6.42 Å². The summed E-state index contributed by atoms with van der Waals surface area (Å²) in [5.41, 5.74) is 1.81. The number of rotatable bonds is 6. The molecule has 0 unspecified atom stereocenters. The van der Waals surface area contributed by atoms with Gasteiger partial charge in [-0.05, 0) is 35.8 Å². The van der Waals surface area contributed by atoms with E-state index in [0.29, 0.717) is 18.8 Å².